The second-order valence-corrected chi connectivity index (χ2v) is 5.70. The summed E-state index contributed by atoms with van der Waals surface area (Å²) in [6.07, 6.45) is 0. The van der Waals surface area contributed by atoms with Gasteiger partial charge in [0.15, 0.2) is 0 Å². The van der Waals surface area contributed by atoms with Crippen LogP contribution in [0.4, 0.5) is 5.82 Å². The number of benzene rings is 1. The fourth-order valence-corrected chi connectivity index (χ4v) is 2.16. The molecule has 0 unspecified atom stereocenters. The second kappa shape index (κ2) is 4.83. The Labute approximate surface area is 118 Å². The Hall–Kier alpha value is -2.01. The molecule has 0 spiro atoms. The summed E-state index contributed by atoms with van der Waals surface area (Å²) < 4.78 is 12.8. The lowest BCUT2D eigenvalue weighted by molar-refractivity contribution is -0.120. The van der Waals surface area contributed by atoms with E-state index in [0.717, 1.165) is 30.2 Å². The molecule has 0 bridgehead atoms. The lowest BCUT2D eigenvalue weighted by Crippen LogP contribution is -2.44. The van der Waals surface area contributed by atoms with Gasteiger partial charge in [0, 0.05) is 24.1 Å². The van der Waals surface area contributed by atoms with Crippen molar-refractivity contribution in [2.45, 2.75) is 6.92 Å². The summed E-state index contributed by atoms with van der Waals surface area (Å²) in [5, 5.41) is 4.37. The van der Waals surface area contributed by atoms with Crippen LogP contribution < -0.4 is 10.5 Å². The maximum absolute atomic E-state index is 5.87. The summed E-state index contributed by atoms with van der Waals surface area (Å²) in [5.41, 5.74) is 7.82. The molecule has 5 heteroatoms. The van der Waals surface area contributed by atoms with Crippen molar-refractivity contribution < 1.29 is 9.47 Å². The van der Waals surface area contributed by atoms with Gasteiger partial charge in [0.05, 0.1) is 25.5 Å². The minimum absolute atomic E-state index is 0.144. The molecule has 0 saturated carbocycles. The van der Waals surface area contributed by atoms with Crippen LogP contribution in [0.1, 0.15) is 6.92 Å². The highest BCUT2D eigenvalue weighted by Gasteiger charge is 2.34. The number of hydrogen-bond donors (Lipinski definition) is 1. The number of hydrogen-bond acceptors (Lipinski definition) is 4. The highest BCUT2D eigenvalue weighted by atomic mass is 16.5. The first-order valence-corrected chi connectivity index (χ1v) is 6.66. The number of rotatable bonds is 4. The van der Waals surface area contributed by atoms with Crippen LogP contribution in [0.3, 0.4) is 0 Å². The summed E-state index contributed by atoms with van der Waals surface area (Å²) in [4.78, 5) is 0. The zero-order chi connectivity index (χ0) is 14.2. The van der Waals surface area contributed by atoms with Crippen LogP contribution in [0.5, 0.6) is 5.75 Å². The van der Waals surface area contributed by atoms with Crippen LogP contribution in [0.2, 0.25) is 0 Å². The van der Waals surface area contributed by atoms with Crippen LogP contribution in [0.15, 0.2) is 30.3 Å². The summed E-state index contributed by atoms with van der Waals surface area (Å²) in [6, 6.07) is 9.78. The lowest BCUT2D eigenvalue weighted by Gasteiger charge is -2.37. The van der Waals surface area contributed by atoms with E-state index < -0.39 is 0 Å². The molecule has 2 aromatic rings. The Bertz CT molecular complexity index is 598. The molecule has 1 aliphatic heterocycles. The van der Waals surface area contributed by atoms with Crippen LogP contribution in [-0.4, -0.2) is 29.6 Å². The van der Waals surface area contributed by atoms with E-state index in [2.05, 4.69) is 12.0 Å². The smallest absolute Gasteiger partial charge is 0.121 e. The molecular formula is C15H19N3O2. The fourth-order valence-electron chi connectivity index (χ4n) is 2.16. The Morgan fingerprint density at radius 3 is 2.80 bits per heavy atom. The first kappa shape index (κ1) is 13.0. The number of nitrogens with two attached hydrogens (primary N) is 1. The van der Waals surface area contributed by atoms with Crippen molar-refractivity contribution in [1.29, 1.82) is 0 Å². The van der Waals surface area contributed by atoms with Crippen LogP contribution in [0.25, 0.3) is 11.3 Å². The van der Waals surface area contributed by atoms with Crippen molar-refractivity contribution in [1.82, 2.24) is 9.78 Å². The Morgan fingerprint density at radius 2 is 2.20 bits per heavy atom. The van der Waals surface area contributed by atoms with Crippen molar-refractivity contribution in [3.8, 4) is 17.0 Å². The third kappa shape index (κ3) is 2.49. The van der Waals surface area contributed by atoms with E-state index in [1.165, 1.54) is 0 Å². The first-order chi connectivity index (χ1) is 9.56. The quantitative estimate of drug-likeness (QED) is 0.926. The molecule has 1 fully saturated rings. The van der Waals surface area contributed by atoms with Crippen LogP contribution in [0, 0.1) is 5.41 Å². The van der Waals surface area contributed by atoms with Gasteiger partial charge in [-0.05, 0) is 12.1 Å². The van der Waals surface area contributed by atoms with Gasteiger partial charge in [-0.15, -0.1) is 0 Å². The number of anilines is 1. The van der Waals surface area contributed by atoms with Crippen molar-refractivity contribution in [3.63, 3.8) is 0 Å². The highest BCUT2D eigenvalue weighted by Crippen LogP contribution is 2.29. The molecule has 0 amide bonds. The SMILES string of the molecule is Cn1nc(-c2cccc(OCC3(C)COC3)c2)cc1N. The van der Waals surface area contributed by atoms with Crippen LogP contribution >= 0.6 is 0 Å². The number of ether oxygens (including phenoxy) is 2. The number of nitrogen functional groups attached to an aromatic ring is 1. The Kier molecular flexibility index (Phi) is 3.14. The summed E-state index contributed by atoms with van der Waals surface area (Å²) in [6.45, 7) is 4.37. The van der Waals surface area contributed by atoms with Crippen LogP contribution in [-0.2, 0) is 11.8 Å². The normalized spacial score (nSPS) is 16.7. The second-order valence-electron chi connectivity index (χ2n) is 5.70. The van der Waals surface area contributed by atoms with E-state index in [-0.39, 0.29) is 5.41 Å². The maximum atomic E-state index is 5.87. The van der Waals surface area contributed by atoms with E-state index in [9.17, 15) is 0 Å². The van der Waals surface area contributed by atoms with Gasteiger partial charge in [-0.2, -0.15) is 5.10 Å². The maximum Gasteiger partial charge on any atom is 0.121 e. The van der Waals surface area contributed by atoms with Gasteiger partial charge < -0.3 is 15.2 Å². The molecule has 1 aliphatic rings. The molecular weight excluding hydrogens is 254 g/mol. The van der Waals surface area contributed by atoms with Gasteiger partial charge in [0.25, 0.3) is 0 Å². The van der Waals surface area contributed by atoms with Crippen molar-refractivity contribution in [2.24, 2.45) is 12.5 Å². The number of aromatic nitrogens is 2. The molecule has 1 aromatic carbocycles. The average Bonchev–Trinajstić information content (AvgIpc) is 2.75. The third-order valence-corrected chi connectivity index (χ3v) is 3.53. The molecule has 2 N–H and O–H groups in total. The van der Waals surface area contributed by atoms with Gasteiger partial charge in [0.1, 0.15) is 11.6 Å². The summed E-state index contributed by atoms with van der Waals surface area (Å²) in [7, 11) is 1.83. The largest absolute Gasteiger partial charge is 0.493 e. The van der Waals surface area contributed by atoms with E-state index in [1.54, 1.807) is 4.68 Å². The Balaban J connectivity index is 1.75. The number of nitrogens with zero attached hydrogens (tertiary/aromatic N) is 2. The Morgan fingerprint density at radius 1 is 1.40 bits per heavy atom. The van der Waals surface area contributed by atoms with Crippen molar-refractivity contribution in [3.05, 3.63) is 30.3 Å². The molecule has 3 rings (SSSR count). The van der Waals surface area contributed by atoms with E-state index in [4.69, 9.17) is 15.2 Å². The zero-order valence-corrected chi connectivity index (χ0v) is 11.8. The molecule has 0 aliphatic carbocycles. The summed E-state index contributed by atoms with van der Waals surface area (Å²) >= 11 is 0. The van der Waals surface area contributed by atoms with Crippen molar-refractivity contribution in [2.75, 3.05) is 25.6 Å². The van der Waals surface area contributed by atoms with E-state index in [1.807, 2.05) is 37.4 Å². The fraction of sp³-hybridized carbons (Fsp3) is 0.400. The predicted octanol–water partition coefficient (Wildman–Crippen LogP) is 2.08. The van der Waals surface area contributed by atoms with Gasteiger partial charge >= 0.3 is 0 Å². The molecule has 1 saturated heterocycles. The molecule has 5 nitrogen and oxygen atoms in total. The summed E-state index contributed by atoms with van der Waals surface area (Å²) in [5.74, 6) is 1.49. The molecule has 1 aromatic heterocycles. The monoisotopic (exact) mass is 273 g/mol. The minimum atomic E-state index is 0.144. The molecule has 2 heterocycles. The van der Waals surface area contributed by atoms with E-state index >= 15 is 0 Å². The average molecular weight is 273 g/mol. The molecule has 0 radical (unpaired) electrons. The van der Waals surface area contributed by atoms with Gasteiger partial charge in [-0.1, -0.05) is 19.1 Å². The van der Waals surface area contributed by atoms with Gasteiger partial charge in [-0.3, -0.25) is 4.68 Å². The minimum Gasteiger partial charge on any atom is -0.493 e. The molecule has 20 heavy (non-hydrogen) atoms. The lowest BCUT2D eigenvalue weighted by atomic mass is 9.90. The highest BCUT2D eigenvalue weighted by molar-refractivity contribution is 5.63. The van der Waals surface area contributed by atoms with Gasteiger partial charge in [-0.25, -0.2) is 0 Å². The molecule has 0 atom stereocenters. The van der Waals surface area contributed by atoms with Crippen molar-refractivity contribution >= 4 is 5.82 Å². The standard InChI is InChI=1S/C15H19N3O2/c1-15(8-19-9-15)10-20-12-5-3-4-11(6-12)13-7-14(16)18(2)17-13/h3-7H,8-10,16H2,1-2H3. The third-order valence-electron chi connectivity index (χ3n) is 3.53. The zero-order valence-electron chi connectivity index (χ0n) is 11.8. The topological polar surface area (TPSA) is 62.3 Å². The van der Waals surface area contributed by atoms with E-state index in [0.29, 0.717) is 12.4 Å². The van der Waals surface area contributed by atoms with Gasteiger partial charge in [0.2, 0.25) is 0 Å². The first-order valence-electron chi connectivity index (χ1n) is 6.66. The molecule has 106 valence electrons. The predicted molar refractivity (Wildman–Crippen MR) is 77.5 cm³/mol. The number of aryl methyl sites for hydroxylation is 1.